The Morgan fingerprint density at radius 3 is 2.42 bits per heavy atom. The molecule has 0 fully saturated rings. The maximum absolute atomic E-state index is 13.3. The first-order chi connectivity index (χ1) is 9.04. The first-order valence-electron chi connectivity index (χ1n) is 5.89. The molecule has 0 spiro atoms. The molecule has 0 saturated carbocycles. The lowest BCUT2D eigenvalue weighted by atomic mass is 9.80. The first kappa shape index (κ1) is 13.6. The zero-order valence-electron chi connectivity index (χ0n) is 10.5. The van der Waals surface area contributed by atoms with Crippen molar-refractivity contribution in [3.8, 4) is 5.75 Å². The van der Waals surface area contributed by atoms with Crippen LogP contribution in [-0.2, 0) is 6.61 Å². The average Bonchev–Trinajstić information content (AvgIpc) is 2.37. The molecule has 0 aliphatic rings. The lowest BCUT2D eigenvalue weighted by Crippen LogP contribution is -2.30. The van der Waals surface area contributed by atoms with Crippen LogP contribution in [0.1, 0.15) is 11.1 Å². The summed E-state index contributed by atoms with van der Waals surface area (Å²) >= 11 is 0. The quantitative estimate of drug-likeness (QED) is 0.817. The van der Waals surface area contributed by atoms with Crippen molar-refractivity contribution < 1.29 is 19.2 Å². The standard InChI is InChI=1S/C14H14BFO3/c1-10-2-4-11(5-3-10)9-19-14-7-12(15(17)18)6-13(16)8-14/h2-8,17-18H,9H2,1H3. The second-order valence-electron chi connectivity index (χ2n) is 4.37. The van der Waals surface area contributed by atoms with E-state index in [4.69, 9.17) is 14.8 Å². The minimum Gasteiger partial charge on any atom is -0.489 e. The van der Waals surface area contributed by atoms with Gasteiger partial charge in [0.15, 0.2) is 0 Å². The van der Waals surface area contributed by atoms with Crippen LogP contribution < -0.4 is 10.2 Å². The van der Waals surface area contributed by atoms with Gasteiger partial charge in [0.05, 0.1) is 0 Å². The molecule has 5 heteroatoms. The Morgan fingerprint density at radius 1 is 1.11 bits per heavy atom. The van der Waals surface area contributed by atoms with Crippen LogP contribution in [0.25, 0.3) is 0 Å². The molecule has 0 aliphatic carbocycles. The van der Waals surface area contributed by atoms with Gasteiger partial charge in [0.25, 0.3) is 0 Å². The zero-order chi connectivity index (χ0) is 13.8. The fraction of sp³-hybridized carbons (Fsp3) is 0.143. The number of benzene rings is 2. The smallest absolute Gasteiger partial charge is 0.488 e. The highest BCUT2D eigenvalue weighted by Gasteiger charge is 2.13. The third-order valence-corrected chi connectivity index (χ3v) is 2.72. The van der Waals surface area contributed by atoms with Gasteiger partial charge in [0.1, 0.15) is 18.2 Å². The van der Waals surface area contributed by atoms with Gasteiger partial charge in [-0.1, -0.05) is 29.8 Å². The highest BCUT2D eigenvalue weighted by atomic mass is 19.1. The molecule has 2 aromatic rings. The van der Waals surface area contributed by atoms with E-state index in [1.807, 2.05) is 31.2 Å². The molecule has 0 radical (unpaired) electrons. The Hall–Kier alpha value is -1.85. The van der Waals surface area contributed by atoms with Crippen molar-refractivity contribution >= 4 is 12.6 Å². The van der Waals surface area contributed by atoms with E-state index in [1.54, 1.807) is 0 Å². The minimum absolute atomic E-state index is 0.0684. The second kappa shape index (κ2) is 5.86. The molecule has 2 aromatic carbocycles. The number of rotatable bonds is 4. The van der Waals surface area contributed by atoms with E-state index in [0.29, 0.717) is 6.61 Å². The van der Waals surface area contributed by atoms with Crippen molar-refractivity contribution in [1.82, 2.24) is 0 Å². The summed E-state index contributed by atoms with van der Waals surface area (Å²) in [5, 5.41) is 18.0. The highest BCUT2D eigenvalue weighted by molar-refractivity contribution is 6.58. The molecule has 0 aromatic heterocycles. The molecular weight excluding hydrogens is 246 g/mol. The van der Waals surface area contributed by atoms with E-state index < -0.39 is 12.9 Å². The van der Waals surface area contributed by atoms with Crippen LogP contribution in [0.2, 0.25) is 0 Å². The Labute approximate surface area is 111 Å². The second-order valence-corrected chi connectivity index (χ2v) is 4.37. The molecule has 0 atom stereocenters. The van der Waals surface area contributed by atoms with Crippen LogP contribution >= 0.6 is 0 Å². The van der Waals surface area contributed by atoms with Gasteiger partial charge in [-0.25, -0.2) is 4.39 Å². The van der Waals surface area contributed by atoms with Crippen molar-refractivity contribution in [3.63, 3.8) is 0 Å². The summed E-state index contributed by atoms with van der Waals surface area (Å²) in [7, 11) is -1.71. The fourth-order valence-electron chi connectivity index (χ4n) is 1.67. The molecule has 0 bridgehead atoms. The highest BCUT2D eigenvalue weighted by Crippen LogP contribution is 2.14. The van der Waals surface area contributed by atoms with Crippen molar-refractivity contribution in [2.24, 2.45) is 0 Å². The van der Waals surface area contributed by atoms with Gasteiger partial charge in [-0.3, -0.25) is 0 Å². The molecule has 19 heavy (non-hydrogen) atoms. The van der Waals surface area contributed by atoms with Crippen LogP contribution in [0.5, 0.6) is 5.75 Å². The number of hydrogen-bond acceptors (Lipinski definition) is 3. The largest absolute Gasteiger partial charge is 0.489 e. The van der Waals surface area contributed by atoms with Gasteiger partial charge in [-0.15, -0.1) is 0 Å². The predicted molar refractivity (Wildman–Crippen MR) is 71.7 cm³/mol. The SMILES string of the molecule is Cc1ccc(COc2cc(F)cc(B(O)O)c2)cc1. The van der Waals surface area contributed by atoms with E-state index in [-0.39, 0.29) is 11.2 Å². The van der Waals surface area contributed by atoms with Crippen LogP contribution in [0.4, 0.5) is 4.39 Å². The molecule has 0 unspecified atom stereocenters. The maximum atomic E-state index is 13.3. The molecule has 0 heterocycles. The van der Waals surface area contributed by atoms with Crippen molar-refractivity contribution in [1.29, 1.82) is 0 Å². The molecule has 0 aliphatic heterocycles. The first-order valence-corrected chi connectivity index (χ1v) is 5.89. The Morgan fingerprint density at radius 2 is 1.79 bits per heavy atom. The third-order valence-electron chi connectivity index (χ3n) is 2.72. The molecule has 98 valence electrons. The number of halogens is 1. The lowest BCUT2D eigenvalue weighted by molar-refractivity contribution is 0.304. The van der Waals surface area contributed by atoms with E-state index >= 15 is 0 Å². The van der Waals surface area contributed by atoms with E-state index in [2.05, 4.69) is 0 Å². The summed E-state index contributed by atoms with van der Waals surface area (Å²) < 4.78 is 18.7. The number of aryl methyl sites for hydroxylation is 1. The van der Waals surface area contributed by atoms with Crippen molar-refractivity contribution in [3.05, 3.63) is 59.4 Å². The van der Waals surface area contributed by atoms with Crippen molar-refractivity contribution in [2.45, 2.75) is 13.5 Å². The van der Waals surface area contributed by atoms with Crippen LogP contribution in [0, 0.1) is 12.7 Å². The predicted octanol–water partition coefficient (Wildman–Crippen LogP) is 1.39. The molecule has 2 rings (SSSR count). The Bertz CT molecular complexity index is 555. The summed E-state index contributed by atoms with van der Waals surface area (Å²) in [6.07, 6.45) is 0. The summed E-state index contributed by atoms with van der Waals surface area (Å²) in [6, 6.07) is 11.5. The number of hydrogen-bond donors (Lipinski definition) is 2. The Balaban J connectivity index is 2.08. The van der Waals surface area contributed by atoms with Crippen molar-refractivity contribution in [2.75, 3.05) is 0 Å². The Kier molecular flexibility index (Phi) is 4.19. The third kappa shape index (κ3) is 3.81. The van der Waals surface area contributed by atoms with E-state index in [1.165, 1.54) is 12.1 Å². The minimum atomic E-state index is -1.71. The number of ether oxygens (including phenoxy) is 1. The fourth-order valence-corrected chi connectivity index (χ4v) is 1.67. The molecule has 2 N–H and O–H groups in total. The normalized spacial score (nSPS) is 10.3. The van der Waals surface area contributed by atoms with Crippen LogP contribution in [0.15, 0.2) is 42.5 Å². The summed E-state index contributed by atoms with van der Waals surface area (Å²) in [4.78, 5) is 0. The maximum Gasteiger partial charge on any atom is 0.488 e. The van der Waals surface area contributed by atoms with Gasteiger partial charge >= 0.3 is 7.12 Å². The lowest BCUT2D eigenvalue weighted by Gasteiger charge is -2.09. The summed E-state index contributed by atoms with van der Waals surface area (Å²) in [5.74, 6) is -0.298. The van der Waals surface area contributed by atoms with Gasteiger partial charge in [0.2, 0.25) is 0 Å². The topological polar surface area (TPSA) is 49.7 Å². The van der Waals surface area contributed by atoms with E-state index in [0.717, 1.165) is 17.2 Å². The summed E-state index contributed by atoms with van der Waals surface area (Å²) in [6.45, 7) is 2.29. The monoisotopic (exact) mass is 260 g/mol. The summed E-state index contributed by atoms with van der Waals surface area (Å²) in [5.41, 5.74) is 2.18. The van der Waals surface area contributed by atoms with Gasteiger partial charge in [-0.05, 0) is 30.1 Å². The molecule has 3 nitrogen and oxygen atoms in total. The molecule has 0 saturated heterocycles. The van der Waals surface area contributed by atoms with E-state index in [9.17, 15) is 4.39 Å². The average molecular weight is 260 g/mol. The molecular formula is C14H14BFO3. The zero-order valence-corrected chi connectivity index (χ0v) is 10.5. The van der Waals surface area contributed by atoms with Crippen LogP contribution in [-0.4, -0.2) is 17.2 Å². The van der Waals surface area contributed by atoms with Gasteiger partial charge in [-0.2, -0.15) is 0 Å². The van der Waals surface area contributed by atoms with Gasteiger partial charge < -0.3 is 14.8 Å². The van der Waals surface area contributed by atoms with Crippen LogP contribution in [0.3, 0.4) is 0 Å². The van der Waals surface area contributed by atoms with Gasteiger partial charge in [0, 0.05) is 6.07 Å². The molecule has 0 amide bonds.